The van der Waals surface area contributed by atoms with Gasteiger partial charge in [-0.3, -0.25) is 14.4 Å². The van der Waals surface area contributed by atoms with Crippen molar-refractivity contribution in [1.82, 2.24) is 10.3 Å². The molecular weight excluding hydrogens is 316 g/mol. The van der Waals surface area contributed by atoms with E-state index in [1.54, 1.807) is 29.6 Å². The molecule has 0 radical (unpaired) electrons. The third kappa shape index (κ3) is 4.62. The Kier molecular flexibility index (Phi) is 5.42. The van der Waals surface area contributed by atoms with Crippen LogP contribution < -0.4 is 16.4 Å². The first-order valence-corrected chi connectivity index (χ1v) is 7.74. The Bertz CT molecular complexity index is 742. The molecule has 120 valence electrons. The smallest absolute Gasteiger partial charge is 0.275 e. The van der Waals surface area contributed by atoms with E-state index in [9.17, 15) is 14.4 Å². The molecule has 0 aliphatic carbocycles. The zero-order valence-corrected chi connectivity index (χ0v) is 13.3. The van der Waals surface area contributed by atoms with Gasteiger partial charge in [0.25, 0.3) is 11.8 Å². The summed E-state index contributed by atoms with van der Waals surface area (Å²) < 4.78 is 0. The molecule has 8 heteroatoms. The third-order valence-electron chi connectivity index (χ3n) is 2.93. The number of nitrogens with one attached hydrogen (secondary N) is 2. The second-order valence-electron chi connectivity index (χ2n) is 4.72. The van der Waals surface area contributed by atoms with Gasteiger partial charge in [-0.05, 0) is 19.1 Å². The van der Waals surface area contributed by atoms with Crippen molar-refractivity contribution in [2.24, 2.45) is 5.73 Å². The molecule has 1 heterocycles. The van der Waals surface area contributed by atoms with Gasteiger partial charge in [-0.1, -0.05) is 12.1 Å². The lowest BCUT2D eigenvalue weighted by molar-refractivity contribution is -0.117. The number of carbonyl (C=O) groups excluding carboxylic acids is 3. The molecule has 2 aromatic rings. The molecule has 0 bridgehead atoms. The standard InChI is InChI=1S/C15H16N4O3S/c1-9-18-12(8-23-9)15(22)19-11-5-3-2-4-10(11)14(21)17-7-6-13(16)20/h2-5,8H,6-7H2,1H3,(H2,16,20)(H,17,21)(H,19,22). The van der Waals surface area contributed by atoms with Crippen LogP contribution in [0.3, 0.4) is 0 Å². The van der Waals surface area contributed by atoms with Crippen molar-refractivity contribution < 1.29 is 14.4 Å². The fraction of sp³-hybridized carbons (Fsp3) is 0.200. The summed E-state index contributed by atoms with van der Waals surface area (Å²) in [4.78, 5) is 39.1. The van der Waals surface area contributed by atoms with Crippen molar-refractivity contribution in [3.05, 3.63) is 45.9 Å². The summed E-state index contributed by atoms with van der Waals surface area (Å²) in [6, 6.07) is 6.61. The molecule has 2 rings (SSSR count). The lowest BCUT2D eigenvalue weighted by Crippen LogP contribution is -2.28. The van der Waals surface area contributed by atoms with Gasteiger partial charge < -0.3 is 16.4 Å². The van der Waals surface area contributed by atoms with Gasteiger partial charge in [-0.25, -0.2) is 4.98 Å². The highest BCUT2D eigenvalue weighted by molar-refractivity contribution is 7.09. The maximum Gasteiger partial charge on any atom is 0.275 e. The van der Waals surface area contributed by atoms with Crippen molar-refractivity contribution in [2.75, 3.05) is 11.9 Å². The number of aromatic nitrogens is 1. The molecule has 0 unspecified atom stereocenters. The number of nitrogens with zero attached hydrogens (tertiary/aromatic N) is 1. The number of hydrogen-bond acceptors (Lipinski definition) is 5. The van der Waals surface area contributed by atoms with E-state index in [4.69, 9.17) is 5.73 Å². The fourth-order valence-electron chi connectivity index (χ4n) is 1.84. The molecule has 1 aromatic carbocycles. The van der Waals surface area contributed by atoms with E-state index in [2.05, 4.69) is 15.6 Å². The molecule has 3 amide bonds. The quantitative estimate of drug-likeness (QED) is 0.740. The Morgan fingerprint density at radius 3 is 2.61 bits per heavy atom. The van der Waals surface area contributed by atoms with E-state index >= 15 is 0 Å². The van der Waals surface area contributed by atoms with E-state index in [1.807, 2.05) is 6.92 Å². The molecule has 1 aromatic heterocycles. The summed E-state index contributed by atoms with van der Waals surface area (Å²) in [6.07, 6.45) is 0.0539. The summed E-state index contributed by atoms with van der Waals surface area (Å²) in [5.41, 5.74) is 6.01. The van der Waals surface area contributed by atoms with Gasteiger partial charge in [0, 0.05) is 18.3 Å². The van der Waals surface area contributed by atoms with Gasteiger partial charge >= 0.3 is 0 Å². The molecule has 0 aliphatic rings. The summed E-state index contributed by atoms with van der Waals surface area (Å²) >= 11 is 1.37. The van der Waals surface area contributed by atoms with Gasteiger partial charge in [-0.15, -0.1) is 11.3 Å². The van der Waals surface area contributed by atoms with E-state index in [-0.39, 0.29) is 18.9 Å². The minimum absolute atomic E-state index is 0.0539. The predicted molar refractivity (Wildman–Crippen MR) is 87.4 cm³/mol. The van der Waals surface area contributed by atoms with Gasteiger partial charge in [0.15, 0.2) is 0 Å². The minimum Gasteiger partial charge on any atom is -0.370 e. The Morgan fingerprint density at radius 2 is 1.96 bits per heavy atom. The normalized spacial score (nSPS) is 10.1. The van der Waals surface area contributed by atoms with Crippen molar-refractivity contribution >= 4 is 34.7 Å². The van der Waals surface area contributed by atoms with Crippen molar-refractivity contribution in [1.29, 1.82) is 0 Å². The number of anilines is 1. The molecule has 4 N–H and O–H groups in total. The highest BCUT2D eigenvalue weighted by Gasteiger charge is 2.15. The molecule has 0 aliphatic heterocycles. The average Bonchev–Trinajstić information content (AvgIpc) is 2.94. The number of amides is 3. The monoisotopic (exact) mass is 332 g/mol. The summed E-state index contributed by atoms with van der Waals surface area (Å²) in [5, 5.41) is 7.69. The van der Waals surface area contributed by atoms with Gasteiger partial charge in [0.05, 0.1) is 16.3 Å². The zero-order chi connectivity index (χ0) is 16.8. The van der Waals surface area contributed by atoms with E-state index in [0.29, 0.717) is 16.9 Å². The molecule has 0 fully saturated rings. The average molecular weight is 332 g/mol. The number of aryl methyl sites for hydroxylation is 1. The minimum atomic E-state index is -0.495. The predicted octanol–water partition coefficient (Wildman–Crippen LogP) is 1.31. The lowest BCUT2D eigenvalue weighted by Gasteiger charge is -2.10. The van der Waals surface area contributed by atoms with Crippen LogP contribution in [0.15, 0.2) is 29.6 Å². The molecule has 0 atom stereocenters. The highest BCUT2D eigenvalue weighted by Crippen LogP contribution is 2.17. The van der Waals surface area contributed by atoms with E-state index in [0.717, 1.165) is 5.01 Å². The number of carbonyl (C=O) groups is 3. The van der Waals surface area contributed by atoms with E-state index in [1.165, 1.54) is 11.3 Å². The second-order valence-corrected chi connectivity index (χ2v) is 5.79. The SMILES string of the molecule is Cc1nc(C(=O)Nc2ccccc2C(=O)NCCC(N)=O)cs1. The Balaban J connectivity index is 2.09. The number of benzene rings is 1. The number of nitrogens with two attached hydrogens (primary N) is 1. The molecule has 23 heavy (non-hydrogen) atoms. The molecule has 0 saturated carbocycles. The lowest BCUT2D eigenvalue weighted by atomic mass is 10.1. The Labute approximate surface area is 136 Å². The first-order valence-electron chi connectivity index (χ1n) is 6.86. The first-order chi connectivity index (χ1) is 11.0. The topological polar surface area (TPSA) is 114 Å². The second kappa shape index (κ2) is 7.50. The van der Waals surface area contributed by atoms with Crippen molar-refractivity contribution in [3.63, 3.8) is 0 Å². The Hall–Kier alpha value is -2.74. The molecule has 0 spiro atoms. The Morgan fingerprint density at radius 1 is 1.22 bits per heavy atom. The van der Waals surface area contributed by atoms with Crippen LogP contribution in [0.4, 0.5) is 5.69 Å². The van der Waals surface area contributed by atoms with Crippen molar-refractivity contribution in [3.8, 4) is 0 Å². The molecule has 7 nitrogen and oxygen atoms in total. The number of rotatable bonds is 6. The molecule has 0 saturated heterocycles. The van der Waals surface area contributed by atoms with Crippen LogP contribution >= 0.6 is 11.3 Å². The maximum atomic E-state index is 12.1. The van der Waals surface area contributed by atoms with Crippen LogP contribution in [0, 0.1) is 6.92 Å². The summed E-state index contributed by atoms with van der Waals surface area (Å²) in [5.74, 6) is -1.27. The van der Waals surface area contributed by atoms with Crippen LogP contribution in [0.25, 0.3) is 0 Å². The van der Waals surface area contributed by atoms with Crippen LogP contribution in [0.2, 0.25) is 0 Å². The summed E-state index contributed by atoms with van der Waals surface area (Å²) in [6.45, 7) is 1.95. The fourth-order valence-corrected chi connectivity index (χ4v) is 2.43. The molecular formula is C15H16N4O3S. The zero-order valence-electron chi connectivity index (χ0n) is 12.5. The van der Waals surface area contributed by atoms with Crippen molar-refractivity contribution in [2.45, 2.75) is 13.3 Å². The number of thiazole rings is 1. The van der Waals surface area contributed by atoms with Crippen LogP contribution in [-0.2, 0) is 4.79 Å². The highest BCUT2D eigenvalue weighted by atomic mass is 32.1. The van der Waals surface area contributed by atoms with E-state index < -0.39 is 11.8 Å². The number of para-hydroxylation sites is 1. The largest absolute Gasteiger partial charge is 0.370 e. The summed E-state index contributed by atoms with van der Waals surface area (Å²) in [7, 11) is 0. The van der Waals surface area contributed by atoms with Crippen LogP contribution in [0.1, 0.15) is 32.3 Å². The van der Waals surface area contributed by atoms with Crippen LogP contribution in [-0.4, -0.2) is 29.3 Å². The number of primary amides is 1. The van der Waals surface area contributed by atoms with Gasteiger partial charge in [-0.2, -0.15) is 0 Å². The van der Waals surface area contributed by atoms with Gasteiger partial charge in [0.2, 0.25) is 5.91 Å². The third-order valence-corrected chi connectivity index (χ3v) is 3.70. The first kappa shape index (κ1) is 16.6. The maximum absolute atomic E-state index is 12.1. The van der Waals surface area contributed by atoms with Gasteiger partial charge in [0.1, 0.15) is 5.69 Å². The number of hydrogen-bond donors (Lipinski definition) is 3. The van der Waals surface area contributed by atoms with Crippen LogP contribution in [0.5, 0.6) is 0 Å².